The fraction of sp³-hybridized carbons (Fsp3) is 0.118. The number of carbonyl (C=O) groups is 1. The van der Waals surface area contributed by atoms with E-state index in [4.69, 9.17) is 11.6 Å². The Hall–Kier alpha value is -1.96. The van der Waals surface area contributed by atoms with Crippen LogP contribution in [0.25, 0.3) is 0 Å². The van der Waals surface area contributed by atoms with Crippen molar-refractivity contribution >= 4 is 61.4 Å². The first kappa shape index (κ1) is 17.8. The molecule has 0 saturated heterocycles. The molecule has 2 heterocycles. The Bertz CT molecular complexity index is 898. The molecule has 1 amide bonds. The van der Waals surface area contributed by atoms with Crippen LogP contribution in [0.2, 0.25) is 5.02 Å². The van der Waals surface area contributed by atoms with Crippen molar-refractivity contribution in [2.45, 2.75) is 13.3 Å². The first-order valence-corrected chi connectivity index (χ1v) is 9.43. The van der Waals surface area contributed by atoms with Gasteiger partial charge in [0.25, 0.3) is 0 Å². The lowest BCUT2D eigenvalue weighted by Gasteiger charge is -2.06. The molecule has 0 aliphatic carbocycles. The van der Waals surface area contributed by atoms with Crippen molar-refractivity contribution in [2.24, 2.45) is 0 Å². The van der Waals surface area contributed by atoms with E-state index >= 15 is 0 Å². The van der Waals surface area contributed by atoms with Gasteiger partial charge in [0.1, 0.15) is 5.82 Å². The second kappa shape index (κ2) is 7.95. The third-order valence-corrected chi connectivity index (χ3v) is 5.22. The zero-order chi connectivity index (χ0) is 17.8. The molecule has 0 fully saturated rings. The number of amides is 1. The molecular formula is C17H14BrClN4OS. The van der Waals surface area contributed by atoms with Crippen LogP contribution in [0.15, 0.2) is 46.4 Å². The minimum absolute atomic E-state index is 0.108. The van der Waals surface area contributed by atoms with Crippen molar-refractivity contribution in [2.75, 3.05) is 10.6 Å². The lowest BCUT2D eigenvalue weighted by molar-refractivity contribution is -0.115. The molecule has 0 aliphatic heterocycles. The Morgan fingerprint density at radius 2 is 2.16 bits per heavy atom. The van der Waals surface area contributed by atoms with Crippen LogP contribution in [0, 0.1) is 6.92 Å². The third kappa shape index (κ3) is 5.01. The van der Waals surface area contributed by atoms with Crippen LogP contribution in [0.4, 0.5) is 16.6 Å². The first-order valence-electron chi connectivity index (χ1n) is 7.38. The minimum atomic E-state index is -0.108. The lowest BCUT2D eigenvalue weighted by atomic mass is 10.2. The number of hydrogen-bond donors (Lipinski definition) is 2. The summed E-state index contributed by atoms with van der Waals surface area (Å²) in [5, 5.41) is 9.07. The summed E-state index contributed by atoms with van der Waals surface area (Å²) in [5.41, 5.74) is 2.53. The molecule has 2 aromatic heterocycles. The van der Waals surface area contributed by atoms with Gasteiger partial charge in [-0.3, -0.25) is 4.79 Å². The molecule has 0 atom stereocenters. The molecule has 5 nitrogen and oxygen atoms in total. The largest absolute Gasteiger partial charge is 0.326 e. The Kier molecular flexibility index (Phi) is 5.67. The van der Waals surface area contributed by atoms with Gasteiger partial charge < -0.3 is 10.6 Å². The van der Waals surface area contributed by atoms with E-state index in [2.05, 4.69) is 36.5 Å². The predicted molar refractivity (Wildman–Crippen MR) is 106 cm³/mol. The first-order chi connectivity index (χ1) is 12.0. The second-order valence-corrected chi connectivity index (χ2v) is 7.47. The van der Waals surface area contributed by atoms with Gasteiger partial charge in [-0.25, -0.2) is 9.97 Å². The number of anilines is 3. The molecule has 128 valence electrons. The van der Waals surface area contributed by atoms with Gasteiger partial charge in [0.05, 0.1) is 17.1 Å². The highest BCUT2D eigenvalue weighted by Gasteiger charge is 2.09. The number of halogens is 2. The van der Waals surface area contributed by atoms with Crippen molar-refractivity contribution < 1.29 is 4.79 Å². The van der Waals surface area contributed by atoms with Crippen molar-refractivity contribution in [1.29, 1.82) is 0 Å². The van der Waals surface area contributed by atoms with Gasteiger partial charge in [0.15, 0.2) is 5.13 Å². The monoisotopic (exact) mass is 436 g/mol. The Balaban J connectivity index is 1.59. The molecular weight excluding hydrogens is 424 g/mol. The number of benzene rings is 1. The SMILES string of the molecule is Cc1cc(NC(=O)Cc2csc(Nc3ccc(Cl)cn3)n2)ccc1Br. The van der Waals surface area contributed by atoms with E-state index in [1.807, 2.05) is 30.5 Å². The average Bonchev–Trinajstić information content (AvgIpc) is 3.00. The number of nitrogens with one attached hydrogen (secondary N) is 2. The maximum Gasteiger partial charge on any atom is 0.230 e. The summed E-state index contributed by atoms with van der Waals surface area (Å²) in [5.74, 6) is 0.545. The summed E-state index contributed by atoms with van der Waals surface area (Å²) in [6, 6.07) is 9.21. The van der Waals surface area contributed by atoms with E-state index in [0.29, 0.717) is 21.7 Å². The third-order valence-electron chi connectivity index (χ3n) is 3.30. The summed E-state index contributed by atoms with van der Waals surface area (Å²) in [4.78, 5) is 20.7. The smallest absolute Gasteiger partial charge is 0.230 e. The quantitative estimate of drug-likeness (QED) is 0.576. The van der Waals surface area contributed by atoms with E-state index in [1.54, 1.807) is 18.3 Å². The Labute approximate surface area is 162 Å². The topological polar surface area (TPSA) is 66.9 Å². The number of thiazole rings is 1. The van der Waals surface area contributed by atoms with Gasteiger partial charge in [0, 0.05) is 21.7 Å². The zero-order valence-corrected chi connectivity index (χ0v) is 16.4. The van der Waals surface area contributed by atoms with E-state index in [9.17, 15) is 4.79 Å². The van der Waals surface area contributed by atoms with E-state index in [0.717, 1.165) is 15.7 Å². The number of hydrogen-bond acceptors (Lipinski definition) is 5. The molecule has 8 heteroatoms. The van der Waals surface area contributed by atoms with Gasteiger partial charge in [-0.1, -0.05) is 27.5 Å². The predicted octanol–water partition coefficient (Wildman–Crippen LogP) is 5.19. The number of nitrogens with zero attached hydrogens (tertiary/aromatic N) is 2. The molecule has 0 aliphatic rings. The summed E-state index contributed by atoms with van der Waals surface area (Å²) in [6.45, 7) is 1.98. The molecule has 0 unspecified atom stereocenters. The standard InChI is InChI=1S/C17H14BrClN4OS/c1-10-6-12(3-4-14(10)18)21-16(24)7-13-9-25-17(22-13)23-15-5-2-11(19)8-20-15/h2-6,8-9H,7H2,1H3,(H,21,24)(H,20,22,23). The zero-order valence-electron chi connectivity index (χ0n) is 13.2. The number of aromatic nitrogens is 2. The molecule has 2 N–H and O–H groups in total. The van der Waals surface area contributed by atoms with Crippen molar-refractivity contribution in [3.63, 3.8) is 0 Å². The fourth-order valence-corrected chi connectivity index (χ4v) is 3.17. The highest BCUT2D eigenvalue weighted by atomic mass is 79.9. The Morgan fingerprint density at radius 3 is 2.88 bits per heavy atom. The van der Waals surface area contributed by atoms with Crippen LogP contribution in [0.5, 0.6) is 0 Å². The number of aryl methyl sites for hydroxylation is 1. The summed E-state index contributed by atoms with van der Waals surface area (Å²) in [7, 11) is 0. The van der Waals surface area contributed by atoms with Gasteiger partial charge >= 0.3 is 0 Å². The van der Waals surface area contributed by atoms with Crippen LogP contribution in [0.3, 0.4) is 0 Å². The lowest BCUT2D eigenvalue weighted by Crippen LogP contribution is -2.14. The highest BCUT2D eigenvalue weighted by Crippen LogP contribution is 2.22. The average molecular weight is 438 g/mol. The van der Waals surface area contributed by atoms with Crippen LogP contribution in [0.1, 0.15) is 11.3 Å². The van der Waals surface area contributed by atoms with Crippen LogP contribution in [-0.2, 0) is 11.2 Å². The maximum absolute atomic E-state index is 12.2. The van der Waals surface area contributed by atoms with Gasteiger partial charge in [-0.15, -0.1) is 11.3 Å². The number of pyridine rings is 1. The van der Waals surface area contributed by atoms with E-state index < -0.39 is 0 Å². The maximum atomic E-state index is 12.2. The summed E-state index contributed by atoms with van der Waals surface area (Å²) >= 11 is 10.7. The number of carbonyl (C=O) groups excluding carboxylic acids is 1. The summed E-state index contributed by atoms with van der Waals surface area (Å²) in [6.07, 6.45) is 1.77. The van der Waals surface area contributed by atoms with Crippen molar-refractivity contribution in [1.82, 2.24) is 9.97 Å². The van der Waals surface area contributed by atoms with Crippen molar-refractivity contribution in [3.8, 4) is 0 Å². The second-order valence-electron chi connectivity index (χ2n) is 5.32. The van der Waals surface area contributed by atoms with Gasteiger partial charge in [0.2, 0.25) is 5.91 Å². The molecule has 0 saturated carbocycles. The van der Waals surface area contributed by atoms with Gasteiger partial charge in [-0.2, -0.15) is 0 Å². The van der Waals surface area contributed by atoms with Crippen molar-refractivity contribution in [3.05, 3.63) is 62.7 Å². The number of rotatable bonds is 5. The van der Waals surface area contributed by atoms with Gasteiger partial charge in [-0.05, 0) is 42.8 Å². The van der Waals surface area contributed by atoms with Crippen LogP contribution in [-0.4, -0.2) is 15.9 Å². The molecule has 25 heavy (non-hydrogen) atoms. The molecule has 3 rings (SSSR count). The van der Waals surface area contributed by atoms with Crippen LogP contribution >= 0.6 is 38.9 Å². The summed E-state index contributed by atoms with van der Waals surface area (Å²) < 4.78 is 1.01. The van der Waals surface area contributed by atoms with E-state index in [-0.39, 0.29) is 12.3 Å². The molecule has 0 spiro atoms. The Morgan fingerprint density at radius 1 is 1.32 bits per heavy atom. The normalized spacial score (nSPS) is 10.5. The molecule has 0 bridgehead atoms. The minimum Gasteiger partial charge on any atom is -0.326 e. The molecule has 3 aromatic rings. The van der Waals surface area contributed by atoms with E-state index in [1.165, 1.54) is 11.3 Å². The van der Waals surface area contributed by atoms with Crippen LogP contribution < -0.4 is 10.6 Å². The fourth-order valence-electron chi connectivity index (χ4n) is 2.10. The highest BCUT2D eigenvalue weighted by molar-refractivity contribution is 9.10. The molecule has 0 radical (unpaired) electrons. The molecule has 1 aromatic carbocycles.